The second kappa shape index (κ2) is 6.01. The third-order valence-corrected chi connectivity index (χ3v) is 3.85. The first kappa shape index (κ1) is 13.1. The molecule has 0 spiro atoms. The highest BCUT2D eigenvalue weighted by Gasteiger charge is 2.21. The van der Waals surface area contributed by atoms with Crippen molar-refractivity contribution in [3.63, 3.8) is 0 Å². The van der Waals surface area contributed by atoms with Gasteiger partial charge in [-0.1, -0.05) is 24.3 Å². The lowest BCUT2D eigenvalue weighted by molar-refractivity contribution is -0.137. The third kappa shape index (κ3) is 3.33. The number of carboxylic acids is 1. The van der Waals surface area contributed by atoms with E-state index in [9.17, 15) is 4.79 Å². The number of carboxylic acid groups (broad SMARTS) is 1. The number of likely N-dealkylation sites (N-methyl/N-ethyl adjacent to an activating group) is 1. The predicted molar refractivity (Wildman–Crippen MR) is 71.8 cm³/mol. The standard InChI is InChI=1S/C15H21NO2/c1-16(10-4-7-15(17)18)14-9-8-12-5-2-3-6-13(12)11-14/h2-3,5-6,14H,4,7-11H2,1H3,(H,17,18). The molecule has 1 atom stereocenters. The quantitative estimate of drug-likeness (QED) is 0.868. The van der Waals surface area contributed by atoms with Crippen molar-refractivity contribution in [2.45, 2.75) is 38.1 Å². The average molecular weight is 247 g/mol. The van der Waals surface area contributed by atoms with Crippen molar-refractivity contribution in [3.05, 3.63) is 35.4 Å². The Morgan fingerprint density at radius 3 is 2.83 bits per heavy atom. The molecule has 0 amide bonds. The van der Waals surface area contributed by atoms with Gasteiger partial charge in [0.15, 0.2) is 0 Å². The van der Waals surface area contributed by atoms with Crippen molar-refractivity contribution in [2.24, 2.45) is 0 Å². The number of hydrogen-bond donors (Lipinski definition) is 1. The fourth-order valence-corrected chi connectivity index (χ4v) is 2.72. The summed E-state index contributed by atoms with van der Waals surface area (Å²) in [5, 5.41) is 8.65. The van der Waals surface area contributed by atoms with Gasteiger partial charge in [-0.05, 0) is 50.4 Å². The Morgan fingerprint density at radius 2 is 2.11 bits per heavy atom. The number of rotatable bonds is 5. The van der Waals surface area contributed by atoms with Gasteiger partial charge >= 0.3 is 5.97 Å². The van der Waals surface area contributed by atoms with Crippen LogP contribution in [0.25, 0.3) is 0 Å². The number of aryl methyl sites for hydroxylation is 1. The second-order valence-corrected chi connectivity index (χ2v) is 5.14. The van der Waals surface area contributed by atoms with Gasteiger partial charge in [-0.15, -0.1) is 0 Å². The summed E-state index contributed by atoms with van der Waals surface area (Å²) in [6.07, 6.45) is 4.43. The van der Waals surface area contributed by atoms with E-state index in [1.54, 1.807) is 0 Å². The first-order valence-electron chi connectivity index (χ1n) is 6.65. The van der Waals surface area contributed by atoms with Gasteiger partial charge in [0.25, 0.3) is 0 Å². The van der Waals surface area contributed by atoms with Crippen LogP contribution in [0.1, 0.15) is 30.4 Å². The zero-order valence-corrected chi connectivity index (χ0v) is 10.9. The van der Waals surface area contributed by atoms with Gasteiger partial charge in [0.1, 0.15) is 0 Å². The molecule has 0 aromatic heterocycles. The first-order valence-corrected chi connectivity index (χ1v) is 6.65. The lowest BCUT2D eigenvalue weighted by Gasteiger charge is -2.32. The van der Waals surface area contributed by atoms with Gasteiger partial charge in [-0.3, -0.25) is 4.79 Å². The van der Waals surface area contributed by atoms with E-state index in [4.69, 9.17) is 5.11 Å². The maximum atomic E-state index is 10.5. The zero-order valence-electron chi connectivity index (χ0n) is 10.9. The maximum Gasteiger partial charge on any atom is 0.303 e. The number of aliphatic carboxylic acids is 1. The van der Waals surface area contributed by atoms with E-state index in [0.29, 0.717) is 6.04 Å². The SMILES string of the molecule is CN(CCCC(=O)O)C1CCc2ccccc2C1. The van der Waals surface area contributed by atoms with Gasteiger partial charge < -0.3 is 10.0 Å². The molecule has 18 heavy (non-hydrogen) atoms. The van der Waals surface area contributed by atoms with Crippen LogP contribution in [0.3, 0.4) is 0 Å². The predicted octanol–water partition coefficient (Wildman–Crippen LogP) is 2.34. The van der Waals surface area contributed by atoms with Crippen LogP contribution in [0.5, 0.6) is 0 Å². The van der Waals surface area contributed by atoms with Crippen molar-refractivity contribution in [1.82, 2.24) is 4.90 Å². The van der Waals surface area contributed by atoms with Gasteiger partial charge in [-0.25, -0.2) is 0 Å². The van der Waals surface area contributed by atoms with Gasteiger partial charge in [0.2, 0.25) is 0 Å². The van der Waals surface area contributed by atoms with Crippen LogP contribution in [0.2, 0.25) is 0 Å². The molecule has 98 valence electrons. The fraction of sp³-hybridized carbons (Fsp3) is 0.533. The monoisotopic (exact) mass is 247 g/mol. The number of fused-ring (bicyclic) bond motifs is 1. The minimum atomic E-state index is -0.697. The first-order chi connectivity index (χ1) is 8.66. The molecule has 3 heteroatoms. The molecule has 0 fully saturated rings. The summed E-state index contributed by atoms with van der Waals surface area (Å²) in [6, 6.07) is 9.21. The second-order valence-electron chi connectivity index (χ2n) is 5.14. The summed E-state index contributed by atoms with van der Waals surface area (Å²) in [5.41, 5.74) is 2.94. The smallest absolute Gasteiger partial charge is 0.303 e. The van der Waals surface area contributed by atoms with Crippen molar-refractivity contribution in [2.75, 3.05) is 13.6 Å². The Bertz CT molecular complexity index is 417. The molecule has 1 N–H and O–H groups in total. The summed E-state index contributed by atoms with van der Waals surface area (Å²) in [5.74, 6) is -0.697. The van der Waals surface area contributed by atoms with Gasteiger partial charge in [0, 0.05) is 12.5 Å². The summed E-state index contributed by atoms with van der Waals surface area (Å²) < 4.78 is 0. The minimum Gasteiger partial charge on any atom is -0.481 e. The topological polar surface area (TPSA) is 40.5 Å². The molecule has 0 bridgehead atoms. The highest BCUT2D eigenvalue weighted by atomic mass is 16.4. The Labute approximate surface area is 108 Å². The van der Waals surface area contributed by atoms with E-state index in [-0.39, 0.29) is 6.42 Å². The summed E-state index contributed by atoms with van der Waals surface area (Å²) in [4.78, 5) is 12.8. The number of hydrogen-bond acceptors (Lipinski definition) is 2. The van der Waals surface area contributed by atoms with Gasteiger partial charge in [0.05, 0.1) is 0 Å². The Balaban J connectivity index is 1.86. The van der Waals surface area contributed by atoms with E-state index < -0.39 is 5.97 Å². The summed E-state index contributed by atoms with van der Waals surface area (Å²) in [6.45, 7) is 0.874. The normalized spacial score (nSPS) is 18.7. The van der Waals surface area contributed by atoms with E-state index in [1.807, 2.05) is 0 Å². The molecule has 0 radical (unpaired) electrons. The molecule has 1 aromatic rings. The molecule has 1 aliphatic rings. The Hall–Kier alpha value is -1.35. The van der Waals surface area contributed by atoms with Crippen LogP contribution in [0.4, 0.5) is 0 Å². The highest BCUT2D eigenvalue weighted by Crippen LogP contribution is 2.23. The third-order valence-electron chi connectivity index (χ3n) is 3.85. The number of carbonyl (C=O) groups is 1. The van der Waals surface area contributed by atoms with Crippen molar-refractivity contribution < 1.29 is 9.90 Å². The molecular weight excluding hydrogens is 226 g/mol. The van der Waals surface area contributed by atoms with E-state index in [2.05, 4.69) is 36.2 Å². The van der Waals surface area contributed by atoms with Gasteiger partial charge in [-0.2, -0.15) is 0 Å². The lowest BCUT2D eigenvalue weighted by atomic mass is 9.87. The molecule has 0 saturated heterocycles. The molecule has 1 aromatic carbocycles. The van der Waals surface area contributed by atoms with E-state index >= 15 is 0 Å². The van der Waals surface area contributed by atoms with Crippen molar-refractivity contribution in [3.8, 4) is 0 Å². The summed E-state index contributed by atoms with van der Waals surface area (Å²) in [7, 11) is 2.11. The molecule has 0 saturated carbocycles. The molecule has 1 aliphatic carbocycles. The van der Waals surface area contributed by atoms with Crippen LogP contribution in [0.15, 0.2) is 24.3 Å². The minimum absolute atomic E-state index is 0.271. The van der Waals surface area contributed by atoms with Crippen LogP contribution < -0.4 is 0 Å². The summed E-state index contributed by atoms with van der Waals surface area (Å²) >= 11 is 0. The largest absolute Gasteiger partial charge is 0.481 e. The van der Waals surface area contributed by atoms with Crippen molar-refractivity contribution >= 4 is 5.97 Å². The number of nitrogens with zero attached hydrogens (tertiary/aromatic N) is 1. The highest BCUT2D eigenvalue weighted by molar-refractivity contribution is 5.66. The Kier molecular flexibility index (Phi) is 4.37. The molecule has 0 heterocycles. The maximum absolute atomic E-state index is 10.5. The number of benzene rings is 1. The molecule has 0 aliphatic heterocycles. The Morgan fingerprint density at radius 1 is 1.39 bits per heavy atom. The molecule has 2 rings (SSSR count). The van der Waals surface area contributed by atoms with E-state index in [0.717, 1.165) is 25.8 Å². The molecule has 1 unspecified atom stereocenters. The van der Waals surface area contributed by atoms with Crippen LogP contribution >= 0.6 is 0 Å². The van der Waals surface area contributed by atoms with Crippen molar-refractivity contribution in [1.29, 1.82) is 0 Å². The molecular formula is C15H21NO2. The van der Waals surface area contributed by atoms with Crippen LogP contribution in [-0.2, 0) is 17.6 Å². The van der Waals surface area contributed by atoms with E-state index in [1.165, 1.54) is 17.5 Å². The molecule has 3 nitrogen and oxygen atoms in total. The fourth-order valence-electron chi connectivity index (χ4n) is 2.72. The average Bonchev–Trinajstić information content (AvgIpc) is 2.37. The van der Waals surface area contributed by atoms with Crippen LogP contribution in [-0.4, -0.2) is 35.6 Å². The zero-order chi connectivity index (χ0) is 13.0. The van der Waals surface area contributed by atoms with Crippen LogP contribution in [0, 0.1) is 0 Å². The lowest BCUT2D eigenvalue weighted by Crippen LogP contribution is -2.37.